The summed E-state index contributed by atoms with van der Waals surface area (Å²) < 4.78 is 0. The maximum Gasteiger partial charge on any atom is 0.178 e. The van der Waals surface area contributed by atoms with Crippen molar-refractivity contribution in [1.82, 2.24) is 4.90 Å². The van der Waals surface area contributed by atoms with Gasteiger partial charge in [0.25, 0.3) is 0 Å². The summed E-state index contributed by atoms with van der Waals surface area (Å²) in [6.07, 6.45) is 3.83. The third-order valence-electron chi connectivity index (χ3n) is 5.21. The third kappa shape index (κ3) is 2.00. The van der Waals surface area contributed by atoms with Gasteiger partial charge in [-0.2, -0.15) is 10.5 Å². The summed E-state index contributed by atoms with van der Waals surface area (Å²) in [5, 5.41) is 22.2. The van der Waals surface area contributed by atoms with Gasteiger partial charge in [-0.1, -0.05) is 30.3 Å². The molecule has 0 aliphatic carbocycles. The number of carbonyl (C=O) groups excluding carboxylic acids is 1. The van der Waals surface area contributed by atoms with Crippen LogP contribution in [0.3, 0.4) is 0 Å². The van der Waals surface area contributed by atoms with Gasteiger partial charge >= 0.3 is 0 Å². The number of hydrogen-bond acceptors (Lipinski definition) is 5. The van der Waals surface area contributed by atoms with E-state index in [0.717, 1.165) is 16.0 Å². The lowest BCUT2D eigenvalue weighted by Crippen LogP contribution is -2.36. The van der Waals surface area contributed by atoms with Crippen LogP contribution in [-0.2, 0) is 4.79 Å². The number of ketones is 1. The van der Waals surface area contributed by atoms with E-state index in [2.05, 4.69) is 12.1 Å². The van der Waals surface area contributed by atoms with Crippen molar-refractivity contribution >= 4 is 23.2 Å². The highest BCUT2D eigenvalue weighted by Gasteiger charge is 2.63. The Morgan fingerprint density at radius 3 is 2.60 bits per heavy atom. The van der Waals surface area contributed by atoms with Crippen molar-refractivity contribution in [2.45, 2.75) is 24.9 Å². The van der Waals surface area contributed by atoms with Crippen LogP contribution in [0.15, 0.2) is 48.0 Å². The molecule has 3 atom stereocenters. The molecule has 0 bridgehead atoms. The Balaban J connectivity index is 2.02. The summed E-state index contributed by atoms with van der Waals surface area (Å²) >= 11 is 1.50. The Labute approximate surface area is 150 Å². The highest BCUT2D eigenvalue weighted by molar-refractivity contribution is 7.10. The summed E-state index contributed by atoms with van der Waals surface area (Å²) in [5.41, 5.74) is 0.605. The molecule has 4 rings (SSSR count). The van der Waals surface area contributed by atoms with E-state index in [1.54, 1.807) is 6.92 Å². The van der Waals surface area contributed by atoms with Crippen LogP contribution >= 0.6 is 11.3 Å². The molecule has 5 heteroatoms. The minimum atomic E-state index is -1.32. The van der Waals surface area contributed by atoms with Gasteiger partial charge in [-0.05, 0) is 35.6 Å². The molecule has 2 aromatic rings. The summed E-state index contributed by atoms with van der Waals surface area (Å²) in [5.74, 6) is -0.499. The average molecular weight is 345 g/mol. The van der Waals surface area contributed by atoms with Crippen molar-refractivity contribution in [3.63, 3.8) is 0 Å². The van der Waals surface area contributed by atoms with Crippen molar-refractivity contribution in [2.24, 2.45) is 5.41 Å². The van der Waals surface area contributed by atoms with Crippen molar-refractivity contribution in [3.8, 4) is 12.1 Å². The molecule has 3 heterocycles. The van der Waals surface area contributed by atoms with Crippen LogP contribution < -0.4 is 0 Å². The van der Waals surface area contributed by atoms with E-state index in [-0.39, 0.29) is 5.78 Å². The van der Waals surface area contributed by atoms with E-state index < -0.39 is 23.4 Å². The Bertz CT molecular complexity index is 934. The van der Waals surface area contributed by atoms with E-state index in [1.165, 1.54) is 11.3 Å². The lowest BCUT2D eigenvalue weighted by Gasteiger charge is -2.34. The second-order valence-electron chi connectivity index (χ2n) is 6.44. The minimum Gasteiger partial charge on any atom is -0.357 e. The highest BCUT2D eigenvalue weighted by Crippen LogP contribution is 2.60. The molecule has 0 N–H and O–H groups in total. The fourth-order valence-corrected chi connectivity index (χ4v) is 5.16. The van der Waals surface area contributed by atoms with E-state index in [1.807, 2.05) is 59.0 Å². The molecule has 2 aliphatic heterocycles. The van der Waals surface area contributed by atoms with Crippen LogP contribution in [0.4, 0.5) is 0 Å². The van der Waals surface area contributed by atoms with Crippen molar-refractivity contribution in [1.29, 1.82) is 10.5 Å². The van der Waals surface area contributed by atoms with E-state index in [4.69, 9.17) is 0 Å². The zero-order valence-corrected chi connectivity index (χ0v) is 14.4. The Kier molecular flexibility index (Phi) is 3.49. The van der Waals surface area contributed by atoms with Crippen molar-refractivity contribution in [2.75, 3.05) is 0 Å². The molecule has 0 saturated carbocycles. The fraction of sp³-hybridized carbons (Fsp3) is 0.250. The monoisotopic (exact) mass is 345 g/mol. The van der Waals surface area contributed by atoms with Gasteiger partial charge in [-0.15, -0.1) is 11.3 Å². The Morgan fingerprint density at radius 1 is 1.20 bits per heavy atom. The zero-order valence-electron chi connectivity index (χ0n) is 13.6. The Hall–Kier alpha value is -2.89. The number of thiophene rings is 1. The zero-order chi connectivity index (χ0) is 17.6. The first-order valence-corrected chi connectivity index (χ1v) is 8.93. The lowest BCUT2D eigenvalue weighted by atomic mass is 9.70. The molecular weight excluding hydrogens is 330 g/mol. The first-order valence-electron chi connectivity index (χ1n) is 8.05. The molecule has 0 spiro atoms. The number of nitrogens with zero attached hydrogens (tertiary/aromatic N) is 3. The normalized spacial score (nSPS) is 25.6. The number of Topliss-reactive ketones (excluding diaryl/α,β-unsaturated/α-hetero) is 1. The SMILES string of the molecule is CC(=O)C1C(c2cccs2)C(C#N)(C#N)C2c3ccccc3C=CN12. The van der Waals surface area contributed by atoms with Crippen molar-refractivity contribution in [3.05, 3.63) is 64.0 Å². The first-order chi connectivity index (χ1) is 12.1. The molecule has 0 radical (unpaired) electrons. The molecular formula is C20H15N3OS. The van der Waals surface area contributed by atoms with Gasteiger partial charge in [0.2, 0.25) is 0 Å². The van der Waals surface area contributed by atoms with Gasteiger partial charge in [0.1, 0.15) is 0 Å². The standard InChI is InChI=1S/C20H15N3OS/c1-13(24)18-17(16-7-4-10-25-16)20(11-21,12-22)19-15-6-3-2-5-14(15)8-9-23(18)19/h2-10,17-19H,1H3. The van der Waals surface area contributed by atoms with Crippen LogP contribution in [0, 0.1) is 28.1 Å². The predicted molar refractivity (Wildman–Crippen MR) is 95.2 cm³/mol. The third-order valence-corrected chi connectivity index (χ3v) is 6.17. The number of hydrogen-bond donors (Lipinski definition) is 0. The largest absolute Gasteiger partial charge is 0.357 e. The average Bonchev–Trinajstić information content (AvgIpc) is 3.25. The van der Waals surface area contributed by atoms with Crippen LogP contribution in [0.2, 0.25) is 0 Å². The quantitative estimate of drug-likeness (QED) is 0.829. The molecule has 1 aromatic heterocycles. The van der Waals surface area contributed by atoms with Crippen molar-refractivity contribution < 1.29 is 4.79 Å². The first kappa shape index (κ1) is 15.6. The molecule has 3 unspecified atom stereocenters. The van der Waals surface area contributed by atoms with Crippen LogP contribution in [0.25, 0.3) is 6.08 Å². The lowest BCUT2D eigenvalue weighted by molar-refractivity contribution is -0.121. The van der Waals surface area contributed by atoms with Crippen LogP contribution in [-0.4, -0.2) is 16.7 Å². The summed E-state index contributed by atoms with van der Waals surface area (Å²) in [7, 11) is 0. The highest BCUT2D eigenvalue weighted by atomic mass is 32.1. The summed E-state index contributed by atoms with van der Waals surface area (Å²) in [4.78, 5) is 15.4. The van der Waals surface area contributed by atoms with Gasteiger partial charge in [0.15, 0.2) is 11.2 Å². The maximum absolute atomic E-state index is 12.5. The minimum absolute atomic E-state index is 0.0280. The Morgan fingerprint density at radius 2 is 1.96 bits per heavy atom. The number of nitriles is 2. The number of rotatable bonds is 2. The number of carbonyl (C=O) groups is 1. The molecule has 0 amide bonds. The molecule has 4 nitrogen and oxygen atoms in total. The number of benzene rings is 1. The van der Waals surface area contributed by atoms with E-state index in [0.29, 0.717) is 0 Å². The van der Waals surface area contributed by atoms with Crippen LogP contribution in [0.1, 0.15) is 34.9 Å². The van der Waals surface area contributed by atoms with E-state index >= 15 is 0 Å². The molecule has 122 valence electrons. The van der Waals surface area contributed by atoms with Gasteiger partial charge < -0.3 is 4.90 Å². The smallest absolute Gasteiger partial charge is 0.178 e. The molecule has 1 saturated heterocycles. The molecule has 1 aromatic carbocycles. The predicted octanol–water partition coefficient (Wildman–Crippen LogP) is 3.86. The summed E-state index contributed by atoms with van der Waals surface area (Å²) in [6, 6.07) is 15.2. The van der Waals surface area contributed by atoms with E-state index in [9.17, 15) is 15.3 Å². The van der Waals surface area contributed by atoms with Gasteiger partial charge in [-0.3, -0.25) is 4.79 Å². The van der Waals surface area contributed by atoms with Gasteiger partial charge in [-0.25, -0.2) is 0 Å². The van der Waals surface area contributed by atoms with Crippen LogP contribution in [0.5, 0.6) is 0 Å². The van der Waals surface area contributed by atoms with Gasteiger partial charge in [0, 0.05) is 11.1 Å². The van der Waals surface area contributed by atoms with Gasteiger partial charge in [0.05, 0.1) is 30.1 Å². The number of fused-ring (bicyclic) bond motifs is 3. The fourth-order valence-electron chi connectivity index (χ4n) is 4.23. The molecule has 2 aliphatic rings. The molecule has 25 heavy (non-hydrogen) atoms. The topological polar surface area (TPSA) is 67.9 Å². The second-order valence-corrected chi connectivity index (χ2v) is 7.41. The maximum atomic E-state index is 12.5. The second kappa shape index (κ2) is 5.58. The summed E-state index contributed by atoms with van der Waals surface area (Å²) in [6.45, 7) is 1.54. The molecule has 1 fully saturated rings.